The molecule has 24 heavy (non-hydrogen) atoms. The molecule has 0 bridgehead atoms. The number of halogens is 2. The molecular weight excluding hydrogens is 306 g/mol. The van der Waals surface area contributed by atoms with Gasteiger partial charge in [0.25, 0.3) is 0 Å². The fourth-order valence-corrected chi connectivity index (χ4v) is 3.74. The summed E-state index contributed by atoms with van der Waals surface area (Å²) in [5, 5.41) is 0. The molecule has 0 spiro atoms. The van der Waals surface area contributed by atoms with E-state index in [2.05, 4.69) is 19.1 Å². The van der Waals surface area contributed by atoms with Gasteiger partial charge in [-0.2, -0.15) is 4.39 Å². The highest BCUT2D eigenvalue weighted by molar-refractivity contribution is 5.69. The lowest BCUT2D eigenvalue weighted by atomic mass is 9.79. The molecule has 2 aromatic carbocycles. The van der Waals surface area contributed by atoms with Crippen LogP contribution >= 0.6 is 0 Å². The first kappa shape index (κ1) is 16.9. The van der Waals surface area contributed by atoms with E-state index in [0.717, 1.165) is 5.92 Å². The zero-order valence-corrected chi connectivity index (χ0v) is 14.5. The Morgan fingerprint density at radius 1 is 0.958 bits per heavy atom. The first-order valence-corrected chi connectivity index (χ1v) is 8.64. The van der Waals surface area contributed by atoms with Crippen molar-refractivity contribution in [3.8, 4) is 16.9 Å². The van der Waals surface area contributed by atoms with Crippen LogP contribution in [0.3, 0.4) is 0 Å². The van der Waals surface area contributed by atoms with Crippen LogP contribution in [0.1, 0.15) is 49.7 Å². The van der Waals surface area contributed by atoms with E-state index in [1.165, 1.54) is 38.4 Å². The highest BCUT2D eigenvalue weighted by atomic mass is 19.2. The van der Waals surface area contributed by atoms with Crippen molar-refractivity contribution < 1.29 is 13.5 Å². The average molecular weight is 330 g/mol. The first-order chi connectivity index (χ1) is 11.5. The molecule has 1 aliphatic rings. The van der Waals surface area contributed by atoms with Crippen LogP contribution in [0.4, 0.5) is 8.78 Å². The number of methoxy groups -OCH3 is 1. The maximum Gasteiger partial charge on any atom is 0.201 e. The van der Waals surface area contributed by atoms with Gasteiger partial charge in [-0.15, -0.1) is 0 Å². The molecule has 0 atom stereocenters. The van der Waals surface area contributed by atoms with E-state index < -0.39 is 11.6 Å². The van der Waals surface area contributed by atoms with Crippen LogP contribution in [0, 0.1) is 24.5 Å². The van der Waals surface area contributed by atoms with Crippen LogP contribution in [0.25, 0.3) is 11.1 Å². The van der Waals surface area contributed by atoms with Crippen molar-refractivity contribution in [3.05, 3.63) is 53.1 Å². The number of hydrogen-bond acceptors (Lipinski definition) is 1. The lowest BCUT2D eigenvalue weighted by Gasteiger charge is -2.26. The summed E-state index contributed by atoms with van der Waals surface area (Å²) in [5.41, 5.74) is 3.00. The third-order valence-corrected chi connectivity index (χ3v) is 5.28. The quantitative estimate of drug-likeness (QED) is 0.647. The number of hydrogen-bond donors (Lipinski definition) is 0. The molecule has 1 nitrogen and oxygen atoms in total. The molecule has 1 aliphatic carbocycles. The Hall–Kier alpha value is -1.90. The Kier molecular flexibility index (Phi) is 4.88. The monoisotopic (exact) mass is 330 g/mol. The summed E-state index contributed by atoms with van der Waals surface area (Å²) in [4.78, 5) is 0. The van der Waals surface area contributed by atoms with Crippen molar-refractivity contribution in [2.75, 3.05) is 7.11 Å². The Labute approximate surface area is 142 Å². The predicted molar refractivity (Wildman–Crippen MR) is 93.5 cm³/mol. The lowest BCUT2D eigenvalue weighted by molar-refractivity contribution is 0.348. The largest absolute Gasteiger partial charge is 0.494 e. The third kappa shape index (κ3) is 3.17. The van der Waals surface area contributed by atoms with Crippen molar-refractivity contribution in [1.82, 2.24) is 0 Å². The molecule has 0 radical (unpaired) electrons. The fourth-order valence-electron chi connectivity index (χ4n) is 3.74. The zero-order chi connectivity index (χ0) is 17.3. The summed E-state index contributed by atoms with van der Waals surface area (Å²) in [6, 6.07) is 9.49. The maximum absolute atomic E-state index is 14.4. The second-order valence-electron chi connectivity index (χ2n) is 6.98. The second kappa shape index (κ2) is 6.92. The summed E-state index contributed by atoms with van der Waals surface area (Å²) >= 11 is 0. The molecule has 0 aromatic heterocycles. The van der Waals surface area contributed by atoms with Crippen molar-refractivity contribution >= 4 is 0 Å². The number of rotatable bonds is 3. The van der Waals surface area contributed by atoms with Crippen molar-refractivity contribution in [1.29, 1.82) is 0 Å². The molecule has 3 heteroatoms. The third-order valence-electron chi connectivity index (χ3n) is 5.28. The number of aryl methyl sites for hydroxylation is 1. The van der Waals surface area contributed by atoms with E-state index >= 15 is 0 Å². The van der Waals surface area contributed by atoms with E-state index in [1.807, 2.05) is 12.1 Å². The molecule has 0 aliphatic heterocycles. The van der Waals surface area contributed by atoms with Gasteiger partial charge in [0.05, 0.1) is 7.11 Å². The number of benzene rings is 2. The topological polar surface area (TPSA) is 9.23 Å². The maximum atomic E-state index is 14.4. The summed E-state index contributed by atoms with van der Waals surface area (Å²) in [6.07, 6.45) is 4.96. The second-order valence-corrected chi connectivity index (χ2v) is 6.98. The van der Waals surface area contributed by atoms with Crippen LogP contribution in [-0.4, -0.2) is 7.11 Å². The minimum absolute atomic E-state index is 0.0540. The van der Waals surface area contributed by atoms with E-state index in [-0.39, 0.29) is 5.75 Å². The van der Waals surface area contributed by atoms with Crippen molar-refractivity contribution in [2.45, 2.75) is 45.4 Å². The molecule has 1 saturated carbocycles. The highest BCUT2D eigenvalue weighted by Crippen LogP contribution is 2.37. The first-order valence-electron chi connectivity index (χ1n) is 8.64. The summed E-state index contributed by atoms with van der Waals surface area (Å²) in [5.74, 6) is -0.412. The van der Waals surface area contributed by atoms with Crippen LogP contribution in [0.5, 0.6) is 5.75 Å². The Morgan fingerprint density at radius 3 is 2.17 bits per heavy atom. The number of ether oxygens (including phenoxy) is 1. The van der Waals surface area contributed by atoms with Gasteiger partial charge in [0.15, 0.2) is 11.6 Å². The Balaban J connectivity index is 1.90. The molecule has 0 saturated heterocycles. The molecule has 0 N–H and O–H groups in total. The zero-order valence-electron chi connectivity index (χ0n) is 14.5. The molecule has 1 fully saturated rings. The fraction of sp³-hybridized carbons (Fsp3) is 0.429. The summed E-state index contributed by atoms with van der Waals surface area (Å²) in [7, 11) is 1.34. The van der Waals surface area contributed by atoms with Gasteiger partial charge < -0.3 is 4.74 Å². The van der Waals surface area contributed by atoms with Crippen LogP contribution in [-0.2, 0) is 0 Å². The minimum atomic E-state index is -0.927. The van der Waals surface area contributed by atoms with Gasteiger partial charge >= 0.3 is 0 Å². The Bertz CT molecular complexity index is 714. The van der Waals surface area contributed by atoms with Gasteiger partial charge in [-0.1, -0.05) is 44.0 Å². The highest BCUT2D eigenvalue weighted by Gasteiger charge is 2.21. The van der Waals surface area contributed by atoms with E-state index in [0.29, 0.717) is 22.6 Å². The SMILES string of the molecule is COc1cc(C)c(-c2ccc(C3CCC(C)CC3)cc2)c(F)c1F. The van der Waals surface area contributed by atoms with Gasteiger partial charge in [-0.3, -0.25) is 0 Å². The van der Waals surface area contributed by atoms with E-state index in [1.54, 1.807) is 13.0 Å². The summed E-state index contributed by atoms with van der Waals surface area (Å²) < 4.78 is 33.4. The Morgan fingerprint density at radius 2 is 1.58 bits per heavy atom. The normalized spacial score (nSPS) is 20.9. The van der Waals surface area contributed by atoms with Crippen molar-refractivity contribution in [2.24, 2.45) is 5.92 Å². The van der Waals surface area contributed by atoms with Gasteiger partial charge in [-0.25, -0.2) is 4.39 Å². The van der Waals surface area contributed by atoms with Crippen molar-refractivity contribution in [3.63, 3.8) is 0 Å². The van der Waals surface area contributed by atoms with E-state index in [9.17, 15) is 8.78 Å². The lowest BCUT2D eigenvalue weighted by Crippen LogP contribution is -2.10. The van der Waals surface area contributed by atoms with Crippen LogP contribution in [0.15, 0.2) is 30.3 Å². The smallest absolute Gasteiger partial charge is 0.201 e. The van der Waals surface area contributed by atoms with Gasteiger partial charge in [-0.05, 0) is 54.4 Å². The predicted octanol–water partition coefficient (Wildman–Crippen LogP) is 6.24. The van der Waals surface area contributed by atoms with E-state index in [4.69, 9.17) is 4.74 Å². The summed E-state index contributed by atoms with van der Waals surface area (Å²) in [6.45, 7) is 4.08. The van der Waals surface area contributed by atoms with Crippen LogP contribution < -0.4 is 4.74 Å². The molecule has 2 aromatic rings. The molecule has 0 heterocycles. The van der Waals surface area contributed by atoms with Crippen LogP contribution in [0.2, 0.25) is 0 Å². The molecule has 0 amide bonds. The molecule has 0 unspecified atom stereocenters. The molecular formula is C21H24F2O. The van der Waals surface area contributed by atoms with Gasteiger partial charge in [0, 0.05) is 5.56 Å². The van der Waals surface area contributed by atoms with Gasteiger partial charge in [0.2, 0.25) is 5.82 Å². The molecule has 3 rings (SSSR count). The standard InChI is InChI=1S/C21H24F2O/c1-13-4-6-15(7-5-13)16-8-10-17(11-9-16)19-14(2)12-18(24-3)20(22)21(19)23/h8-13,15H,4-7H2,1-3H3. The molecule has 128 valence electrons. The van der Waals surface area contributed by atoms with Gasteiger partial charge in [0.1, 0.15) is 0 Å². The minimum Gasteiger partial charge on any atom is -0.494 e. The average Bonchev–Trinajstić information content (AvgIpc) is 2.59.